The molecule has 0 radical (unpaired) electrons. The zero-order chi connectivity index (χ0) is 13.0. The molecular weight excluding hydrogens is 229 g/mol. The number of nitrogens with zero attached hydrogens (tertiary/aromatic N) is 1. The fraction of sp³-hybridized carbons (Fsp3) is 0.214. The summed E-state index contributed by atoms with van der Waals surface area (Å²) in [6.07, 6.45) is 3.51. The van der Waals surface area contributed by atoms with E-state index in [9.17, 15) is 4.39 Å². The summed E-state index contributed by atoms with van der Waals surface area (Å²) in [5.41, 5.74) is 3.58. The molecule has 0 spiro atoms. The first-order chi connectivity index (χ1) is 8.69. The van der Waals surface area contributed by atoms with Crippen LogP contribution >= 0.6 is 0 Å². The summed E-state index contributed by atoms with van der Waals surface area (Å²) in [6.45, 7) is 4.75. The second-order valence-corrected chi connectivity index (χ2v) is 4.08. The van der Waals surface area contributed by atoms with Crippen LogP contribution in [-0.4, -0.2) is 11.5 Å². The number of aromatic nitrogens is 1. The molecule has 3 nitrogen and oxygen atoms in total. The standard InChI is InChI=1S/C14H16FN3/c1-3-17-12-7-13(9-16-8-12)18-14-5-4-11(15)6-10(14)2/h4-9,17-18H,3H2,1-2H3. The minimum absolute atomic E-state index is 0.224. The Labute approximate surface area is 106 Å². The zero-order valence-corrected chi connectivity index (χ0v) is 10.5. The highest BCUT2D eigenvalue weighted by Gasteiger charge is 2.01. The van der Waals surface area contributed by atoms with Gasteiger partial charge in [0.25, 0.3) is 0 Å². The van der Waals surface area contributed by atoms with Gasteiger partial charge in [0.15, 0.2) is 0 Å². The molecule has 1 aromatic carbocycles. The molecule has 0 saturated carbocycles. The van der Waals surface area contributed by atoms with Crippen LogP contribution in [0.4, 0.5) is 21.5 Å². The lowest BCUT2D eigenvalue weighted by atomic mass is 10.2. The molecule has 0 amide bonds. The highest BCUT2D eigenvalue weighted by atomic mass is 19.1. The van der Waals surface area contributed by atoms with E-state index in [1.807, 2.05) is 19.9 Å². The van der Waals surface area contributed by atoms with Crippen LogP contribution in [0.15, 0.2) is 36.7 Å². The van der Waals surface area contributed by atoms with Crippen LogP contribution in [0.25, 0.3) is 0 Å². The largest absolute Gasteiger partial charge is 0.384 e. The summed E-state index contributed by atoms with van der Waals surface area (Å²) in [5, 5.41) is 6.42. The van der Waals surface area contributed by atoms with Gasteiger partial charge < -0.3 is 10.6 Å². The van der Waals surface area contributed by atoms with Crippen molar-refractivity contribution in [3.8, 4) is 0 Å². The smallest absolute Gasteiger partial charge is 0.123 e. The molecule has 0 saturated heterocycles. The third kappa shape index (κ3) is 2.97. The maximum Gasteiger partial charge on any atom is 0.123 e. The van der Waals surface area contributed by atoms with E-state index in [2.05, 4.69) is 15.6 Å². The minimum Gasteiger partial charge on any atom is -0.384 e. The summed E-state index contributed by atoms with van der Waals surface area (Å²) in [5.74, 6) is -0.224. The summed E-state index contributed by atoms with van der Waals surface area (Å²) in [7, 11) is 0. The van der Waals surface area contributed by atoms with Crippen LogP contribution < -0.4 is 10.6 Å². The molecular formula is C14H16FN3. The first kappa shape index (κ1) is 12.4. The van der Waals surface area contributed by atoms with Gasteiger partial charge in [-0.25, -0.2) is 4.39 Å². The van der Waals surface area contributed by atoms with Gasteiger partial charge in [0, 0.05) is 12.2 Å². The van der Waals surface area contributed by atoms with Gasteiger partial charge in [-0.1, -0.05) is 0 Å². The van der Waals surface area contributed by atoms with Gasteiger partial charge in [-0.3, -0.25) is 4.98 Å². The Bertz CT molecular complexity index is 540. The lowest BCUT2D eigenvalue weighted by Crippen LogP contribution is -1.99. The Balaban J connectivity index is 2.20. The van der Waals surface area contributed by atoms with Crippen molar-refractivity contribution in [2.45, 2.75) is 13.8 Å². The van der Waals surface area contributed by atoms with Crippen LogP contribution in [0.5, 0.6) is 0 Å². The van der Waals surface area contributed by atoms with E-state index < -0.39 is 0 Å². The van der Waals surface area contributed by atoms with E-state index in [1.165, 1.54) is 12.1 Å². The Morgan fingerprint density at radius 2 is 1.94 bits per heavy atom. The van der Waals surface area contributed by atoms with Crippen molar-refractivity contribution in [2.75, 3.05) is 17.2 Å². The maximum absolute atomic E-state index is 13.0. The van der Waals surface area contributed by atoms with E-state index in [0.717, 1.165) is 29.2 Å². The monoisotopic (exact) mass is 245 g/mol. The van der Waals surface area contributed by atoms with E-state index >= 15 is 0 Å². The Hall–Kier alpha value is -2.10. The number of benzene rings is 1. The fourth-order valence-electron chi connectivity index (χ4n) is 1.73. The fourth-order valence-corrected chi connectivity index (χ4v) is 1.73. The second-order valence-electron chi connectivity index (χ2n) is 4.08. The van der Waals surface area contributed by atoms with E-state index in [1.54, 1.807) is 18.5 Å². The molecule has 1 aromatic heterocycles. The maximum atomic E-state index is 13.0. The van der Waals surface area contributed by atoms with Crippen molar-refractivity contribution in [2.24, 2.45) is 0 Å². The zero-order valence-electron chi connectivity index (χ0n) is 10.5. The SMILES string of the molecule is CCNc1cncc(Nc2ccc(F)cc2C)c1. The number of aryl methyl sites for hydroxylation is 1. The van der Waals surface area contributed by atoms with Crippen LogP contribution in [0.2, 0.25) is 0 Å². The number of hydrogen-bond acceptors (Lipinski definition) is 3. The van der Waals surface area contributed by atoms with Gasteiger partial charge in [-0.15, -0.1) is 0 Å². The van der Waals surface area contributed by atoms with Gasteiger partial charge >= 0.3 is 0 Å². The average molecular weight is 245 g/mol. The first-order valence-corrected chi connectivity index (χ1v) is 5.91. The Morgan fingerprint density at radius 1 is 1.17 bits per heavy atom. The van der Waals surface area contributed by atoms with Crippen LogP contribution in [-0.2, 0) is 0 Å². The molecule has 2 aromatic rings. The van der Waals surface area contributed by atoms with Crippen molar-refractivity contribution >= 4 is 17.1 Å². The highest BCUT2D eigenvalue weighted by Crippen LogP contribution is 2.22. The second kappa shape index (κ2) is 5.49. The van der Waals surface area contributed by atoms with Gasteiger partial charge in [0.2, 0.25) is 0 Å². The number of nitrogens with one attached hydrogen (secondary N) is 2. The topological polar surface area (TPSA) is 37.0 Å². The summed E-state index contributed by atoms with van der Waals surface area (Å²) >= 11 is 0. The Morgan fingerprint density at radius 3 is 2.67 bits per heavy atom. The van der Waals surface area contributed by atoms with Crippen molar-refractivity contribution in [1.29, 1.82) is 0 Å². The number of halogens is 1. The number of pyridine rings is 1. The molecule has 0 aliphatic heterocycles. The predicted molar refractivity (Wildman–Crippen MR) is 72.8 cm³/mol. The molecule has 0 atom stereocenters. The van der Waals surface area contributed by atoms with Crippen molar-refractivity contribution < 1.29 is 4.39 Å². The number of rotatable bonds is 4. The third-order valence-electron chi connectivity index (χ3n) is 2.59. The quantitative estimate of drug-likeness (QED) is 0.862. The van der Waals surface area contributed by atoms with Crippen LogP contribution in [0, 0.1) is 12.7 Å². The van der Waals surface area contributed by atoms with E-state index in [4.69, 9.17) is 0 Å². The molecule has 2 N–H and O–H groups in total. The third-order valence-corrected chi connectivity index (χ3v) is 2.59. The molecule has 1 heterocycles. The molecule has 94 valence electrons. The molecule has 0 fully saturated rings. The highest BCUT2D eigenvalue weighted by molar-refractivity contribution is 5.65. The normalized spacial score (nSPS) is 10.2. The lowest BCUT2D eigenvalue weighted by molar-refractivity contribution is 0.627. The summed E-state index contributed by atoms with van der Waals surface area (Å²) < 4.78 is 13.0. The first-order valence-electron chi connectivity index (χ1n) is 5.91. The molecule has 0 bridgehead atoms. The lowest BCUT2D eigenvalue weighted by Gasteiger charge is -2.10. The Kier molecular flexibility index (Phi) is 3.77. The van der Waals surface area contributed by atoms with Crippen molar-refractivity contribution in [3.63, 3.8) is 0 Å². The molecule has 0 unspecified atom stereocenters. The number of hydrogen-bond donors (Lipinski definition) is 2. The van der Waals surface area contributed by atoms with Crippen LogP contribution in [0.1, 0.15) is 12.5 Å². The summed E-state index contributed by atoms with van der Waals surface area (Å²) in [4.78, 5) is 4.15. The molecule has 18 heavy (non-hydrogen) atoms. The minimum atomic E-state index is -0.224. The molecule has 0 aliphatic carbocycles. The number of anilines is 3. The van der Waals surface area contributed by atoms with Crippen molar-refractivity contribution in [1.82, 2.24) is 4.98 Å². The van der Waals surface area contributed by atoms with Crippen LogP contribution in [0.3, 0.4) is 0 Å². The molecule has 4 heteroatoms. The van der Waals surface area contributed by atoms with Gasteiger partial charge in [0.1, 0.15) is 5.82 Å². The molecule has 2 rings (SSSR count). The van der Waals surface area contributed by atoms with Gasteiger partial charge in [-0.2, -0.15) is 0 Å². The van der Waals surface area contributed by atoms with Crippen molar-refractivity contribution in [3.05, 3.63) is 48.0 Å². The molecule has 0 aliphatic rings. The van der Waals surface area contributed by atoms with E-state index in [-0.39, 0.29) is 5.82 Å². The van der Waals surface area contributed by atoms with Gasteiger partial charge in [-0.05, 0) is 43.7 Å². The summed E-state index contributed by atoms with van der Waals surface area (Å²) in [6, 6.07) is 6.64. The van der Waals surface area contributed by atoms with E-state index in [0.29, 0.717) is 0 Å². The predicted octanol–water partition coefficient (Wildman–Crippen LogP) is 3.70. The van der Waals surface area contributed by atoms with Gasteiger partial charge in [0.05, 0.1) is 23.8 Å². The average Bonchev–Trinajstić information content (AvgIpc) is 2.34.